The van der Waals surface area contributed by atoms with Crippen molar-refractivity contribution in [2.75, 3.05) is 31.3 Å². The lowest BCUT2D eigenvalue weighted by Crippen LogP contribution is -2.44. The van der Waals surface area contributed by atoms with Crippen LogP contribution in [0.2, 0.25) is 0 Å². The van der Waals surface area contributed by atoms with Crippen molar-refractivity contribution in [3.63, 3.8) is 0 Å². The first kappa shape index (κ1) is 31.3. The largest absolute Gasteiger partial charge is 0.399 e. The standard InChI is InChI=1S/C25H46N3O4PS/c1-10-30-24(31-15-16-34-25(29)22-11-13-23(26)14-12-22)17-32-33(27(18(2)3)19(4)5)28(20(6)7)21(8)9/h11-14,18-21,24H,10,15-17,26H2,1-9H3. The van der Waals surface area contributed by atoms with E-state index < -0.39 is 14.7 Å². The van der Waals surface area contributed by atoms with E-state index in [1.54, 1.807) is 24.3 Å². The molecule has 0 spiro atoms. The van der Waals surface area contributed by atoms with Gasteiger partial charge < -0.3 is 19.7 Å². The molecule has 9 heteroatoms. The average Bonchev–Trinajstić information content (AvgIpc) is 2.73. The van der Waals surface area contributed by atoms with E-state index in [4.69, 9.17) is 19.7 Å². The summed E-state index contributed by atoms with van der Waals surface area (Å²) in [6.45, 7) is 20.9. The van der Waals surface area contributed by atoms with E-state index in [0.29, 0.717) is 61.0 Å². The fourth-order valence-electron chi connectivity index (χ4n) is 3.71. The van der Waals surface area contributed by atoms with E-state index in [1.165, 1.54) is 11.8 Å². The van der Waals surface area contributed by atoms with Gasteiger partial charge in [-0.2, -0.15) is 0 Å². The Hall–Kier alpha value is -0.730. The second-order valence-corrected chi connectivity index (χ2v) is 12.0. The molecule has 1 aromatic carbocycles. The third-order valence-corrected chi connectivity index (χ3v) is 8.84. The maximum atomic E-state index is 12.3. The molecule has 0 aliphatic heterocycles. The second kappa shape index (κ2) is 16.1. The maximum Gasteiger partial charge on any atom is 0.219 e. The molecule has 0 saturated carbocycles. The van der Waals surface area contributed by atoms with E-state index in [0.717, 1.165) is 0 Å². The lowest BCUT2D eigenvalue weighted by molar-refractivity contribution is -0.152. The fraction of sp³-hybridized carbons (Fsp3) is 0.720. The molecule has 0 amide bonds. The molecule has 0 bridgehead atoms. The summed E-state index contributed by atoms with van der Waals surface area (Å²) in [6.07, 6.45) is -0.482. The van der Waals surface area contributed by atoms with E-state index in [9.17, 15) is 4.79 Å². The fourth-order valence-corrected chi connectivity index (χ4v) is 6.72. The van der Waals surface area contributed by atoms with Crippen molar-refractivity contribution in [3.05, 3.63) is 29.8 Å². The van der Waals surface area contributed by atoms with Gasteiger partial charge in [-0.3, -0.25) is 4.79 Å². The van der Waals surface area contributed by atoms with Gasteiger partial charge in [-0.15, -0.1) is 0 Å². The van der Waals surface area contributed by atoms with Crippen molar-refractivity contribution in [3.8, 4) is 0 Å². The Bertz CT molecular complexity index is 668. The van der Waals surface area contributed by atoms with E-state index in [1.807, 2.05) is 6.92 Å². The van der Waals surface area contributed by atoms with E-state index >= 15 is 0 Å². The number of benzene rings is 1. The predicted molar refractivity (Wildman–Crippen MR) is 146 cm³/mol. The molecule has 0 aliphatic rings. The number of carbonyl (C=O) groups excluding carboxylic acids is 1. The Morgan fingerprint density at radius 1 is 0.912 bits per heavy atom. The number of nitrogens with zero attached hydrogens (tertiary/aromatic N) is 2. The van der Waals surface area contributed by atoms with Gasteiger partial charge in [0, 0.05) is 47.8 Å². The molecule has 1 atom stereocenters. The number of ether oxygens (including phenoxy) is 2. The topological polar surface area (TPSA) is 77.3 Å². The third kappa shape index (κ3) is 10.5. The number of hydrogen-bond donors (Lipinski definition) is 1. The number of hydrogen-bond acceptors (Lipinski definition) is 8. The summed E-state index contributed by atoms with van der Waals surface area (Å²) < 4.78 is 23.2. The van der Waals surface area contributed by atoms with Crippen LogP contribution in [-0.4, -0.2) is 70.5 Å². The summed E-state index contributed by atoms with van der Waals surface area (Å²) in [6, 6.07) is 8.33. The second-order valence-electron chi connectivity index (χ2n) is 9.20. The van der Waals surface area contributed by atoms with Crippen molar-refractivity contribution in [1.82, 2.24) is 9.34 Å². The number of rotatable bonds is 16. The predicted octanol–water partition coefficient (Wildman–Crippen LogP) is 6.00. The number of thioether (sulfide) groups is 1. The van der Waals surface area contributed by atoms with Gasteiger partial charge in [0.25, 0.3) is 0 Å². The highest BCUT2D eigenvalue weighted by molar-refractivity contribution is 8.14. The molecule has 7 nitrogen and oxygen atoms in total. The molecule has 196 valence electrons. The smallest absolute Gasteiger partial charge is 0.219 e. The van der Waals surface area contributed by atoms with Crippen molar-refractivity contribution in [2.45, 2.75) is 92.8 Å². The average molecular weight is 516 g/mol. The van der Waals surface area contributed by atoms with Crippen LogP contribution in [0.15, 0.2) is 24.3 Å². The first-order chi connectivity index (χ1) is 16.0. The van der Waals surface area contributed by atoms with E-state index in [-0.39, 0.29) is 5.12 Å². The summed E-state index contributed by atoms with van der Waals surface area (Å²) in [5.74, 6) is 0.537. The minimum absolute atomic E-state index is 0.00495. The number of nitrogen functional groups attached to an aromatic ring is 1. The van der Waals surface area contributed by atoms with Crippen LogP contribution in [0.4, 0.5) is 5.69 Å². The SMILES string of the molecule is CCOC(COP(N(C(C)C)C(C)C)N(C(C)C)C(C)C)OCCSC(=O)c1ccc(N)cc1. The van der Waals surface area contributed by atoms with Crippen LogP contribution < -0.4 is 5.73 Å². The van der Waals surface area contributed by atoms with Crippen LogP contribution in [-0.2, 0) is 14.0 Å². The molecule has 0 heterocycles. The molecular formula is C25H46N3O4PS. The molecule has 0 radical (unpaired) electrons. The van der Waals surface area contributed by atoms with Gasteiger partial charge in [-0.1, -0.05) is 11.8 Å². The minimum atomic E-state index is -1.01. The van der Waals surface area contributed by atoms with Gasteiger partial charge in [0.1, 0.15) is 6.61 Å². The molecule has 0 aliphatic carbocycles. The molecule has 1 rings (SSSR count). The summed E-state index contributed by atoms with van der Waals surface area (Å²) in [4.78, 5) is 12.3. The Morgan fingerprint density at radius 3 is 1.85 bits per heavy atom. The quantitative estimate of drug-likeness (QED) is 0.124. The van der Waals surface area contributed by atoms with Crippen molar-refractivity contribution in [2.24, 2.45) is 0 Å². The Labute approximate surface area is 213 Å². The molecule has 0 fully saturated rings. The molecular weight excluding hydrogens is 469 g/mol. The van der Waals surface area contributed by atoms with Gasteiger partial charge in [0.15, 0.2) is 14.7 Å². The molecule has 1 unspecified atom stereocenters. The lowest BCUT2D eigenvalue weighted by atomic mass is 10.2. The van der Waals surface area contributed by atoms with Crippen molar-refractivity contribution >= 4 is 31.0 Å². The zero-order valence-corrected chi connectivity index (χ0v) is 24.2. The maximum absolute atomic E-state index is 12.3. The first-order valence-electron chi connectivity index (χ1n) is 12.2. The number of nitrogens with two attached hydrogens (primary N) is 1. The van der Waals surface area contributed by atoms with Gasteiger partial charge in [0.05, 0.1) is 6.61 Å². The summed E-state index contributed by atoms with van der Waals surface area (Å²) in [5.41, 5.74) is 6.98. The zero-order chi connectivity index (χ0) is 25.8. The van der Waals surface area contributed by atoms with Crippen LogP contribution in [0, 0.1) is 0 Å². The van der Waals surface area contributed by atoms with Crippen LogP contribution in [0.1, 0.15) is 72.7 Å². The van der Waals surface area contributed by atoms with Crippen LogP contribution >= 0.6 is 20.2 Å². The Kier molecular flexibility index (Phi) is 14.8. The van der Waals surface area contributed by atoms with Gasteiger partial charge >= 0.3 is 0 Å². The molecule has 2 N–H and O–H groups in total. The monoisotopic (exact) mass is 515 g/mol. The van der Waals surface area contributed by atoms with Gasteiger partial charge in [-0.05, 0) is 86.6 Å². The number of anilines is 1. The summed E-state index contributed by atoms with van der Waals surface area (Å²) in [7, 11) is -1.01. The first-order valence-corrected chi connectivity index (χ1v) is 14.4. The summed E-state index contributed by atoms with van der Waals surface area (Å²) >= 11 is 1.23. The van der Waals surface area contributed by atoms with Crippen LogP contribution in [0.3, 0.4) is 0 Å². The van der Waals surface area contributed by atoms with Crippen LogP contribution in [0.25, 0.3) is 0 Å². The lowest BCUT2D eigenvalue weighted by Gasteiger charge is -2.45. The third-order valence-electron chi connectivity index (χ3n) is 4.96. The highest BCUT2D eigenvalue weighted by Crippen LogP contribution is 2.50. The molecule has 0 saturated heterocycles. The van der Waals surface area contributed by atoms with Crippen molar-refractivity contribution < 1.29 is 18.8 Å². The Balaban J connectivity index is 2.75. The zero-order valence-electron chi connectivity index (χ0n) is 22.5. The molecule has 34 heavy (non-hydrogen) atoms. The highest BCUT2D eigenvalue weighted by atomic mass is 32.2. The minimum Gasteiger partial charge on any atom is -0.399 e. The van der Waals surface area contributed by atoms with Crippen molar-refractivity contribution in [1.29, 1.82) is 0 Å². The van der Waals surface area contributed by atoms with Gasteiger partial charge in [-0.25, -0.2) is 9.34 Å². The van der Waals surface area contributed by atoms with E-state index in [2.05, 4.69) is 64.7 Å². The van der Waals surface area contributed by atoms with Crippen LogP contribution in [0.5, 0.6) is 0 Å². The van der Waals surface area contributed by atoms with Gasteiger partial charge in [0.2, 0.25) is 5.12 Å². The molecule has 0 aromatic heterocycles. The summed E-state index contributed by atoms with van der Waals surface area (Å²) in [5, 5.41) is 0.00495. The number of carbonyl (C=O) groups is 1. The Morgan fingerprint density at radius 2 is 1.41 bits per heavy atom. The highest BCUT2D eigenvalue weighted by Gasteiger charge is 2.35. The molecule has 1 aromatic rings. The normalized spacial score (nSPS) is 13.4.